The molecule has 4 rings (SSSR count). The molecule has 4 aromatic rings. The van der Waals surface area contributed by atoms with Crippen molar-refractivity contribution in [1.29, 1.82) is 0 Å². The lowest BCUT2D eigenvalue weighted by Crippen LogP contribution is -2.24. The molecule has 0 radical (unpaired) electrons. The Morgan fingerprint density at radius 3 is 2.37 bits per heavy atom. The predicted octanol–water partition coefficient (Wildman–Crippen LogP) is 5.79. The molecule has 0 unspecified atom stereocenters. The number of benzene rings is 3. The minimum absolute atomic E-state index is 0.0480. The number of hydrogen-bond acceptors (Lipinski definition) is 3. The summed E-state index contributed by atoms with van der Waals surface area (Å²) in [6, 6.07) is 15.2. The van der Waals surface area contributed by atoms with Crippen LogP contribution in [0.25, 0.3) is 21.9 Å². The average Bonchev–Trinajstić information content (AvgIpc) is 2.82. The second-order valence-corrected chi connectivity index (χ2v) is 8.12. The lowest BCUT2D eigenvalue weighted by atomic mass is 9.91. The highest BCUT2D eigenvalue weighted by Crippen LogP contribution is 2.33. The maximum Gasteiger partial charge on any atom is 0.416 e. The number of alkyl halides is 3. The van der Waals surface area contributed by atoms with E-state index in [1.54, 1.807) is 31.5 Å². The highest BCUT2D eigenvalue weighted by atomic mass is 19.4. The number of carboxylic acid groups (broad SMARTS) is 1. The van der Waals surface area contributed by atoms with E-state index in [2.05, 4.69) is 10.3 Å². The van der Waals surface area contributed by atoms with Crippen LogP contribution in [0.15, 0.2) is 73.1 Å². The van der Waals surface area contributed by atoms with Gasteiger partial charge in [-0.05, 0) is 64.4 Å². The number of fused-ring (bicyclic) bond motifs is 1. The molecule has 35 heavy (non-hydrogen) atoms. The standard InChI is InChI=1S/C27H21F3N2O3/c1-16-20(3-2-4-21(16)26(34)35)22-10-7-18(24-15-31-12-11-23(22)24)14-32-25(33)13-17-5-8-19(9-6-17)27(28,29)30/h2-12,15H,13-14H2,1H3,(H,32,33)(H,34,35). The van der Waals surface area contributed by atoms with Crippen LogP contribution in [-0.2, 0) is 23.9 Å². The van der Waals surface area contributed by atoms with E-state index in [9.17, 15) is 27.9 Å². The van der Waals surface area contributed by atoms with Crippen LogP contribution in [0.4, 0.5) is 13.2 Å². The Labute approximate surface area is 199 Å². The van der Waals surface area contributed by atoms with Crippen molar-refractivity contribution < 1.29 is 27.9 Å². The van der Waals surface area contributed by atoms with E-state index < -0.39 is 17.7 Å². The molecule has 1 heterocycles. The molecule has 178 valence electrons. The van der Waals surface area contributed by atoms with E-state index in [0.717, 1.165) is 39.6 Å². The van der Waals surface area contributed by atoms with Crippen molar-refractivity contribution in [3.05, 3.63) is 101 Å². The van der Waals surface area contributed by atoms with Gasteiger partial charge in [0.25, 0.3) is 0 Å². The van der Waals surface area contributed by atoms with Gasteiger partial charge < -0.3 is 10.4 Å². The molecule has 3 aromatic carbocycles. The molecule has 1 aromatic heterocycles. The SMILES string of the molecule is Cc1c(C(=O)O)cccc1-c1ccc(CNC(=O)Cc2ccc(C(F)(F)F)cc2)c2cnccc12. The third-order valence-corrected chi connectivity index (χ3v) is 5.88. The van der Waals surface area contributed by atoms with E-state index in [-0.39, 0.29) is 24.4 Å². The van der Waals surface area contributed by atoms with Crippen molar-refractivity contribution in [2.24, 2.45) is 0 Å². The van der Waals surface area contributed by atoms with E-state index in [1.807, 2.05) is 24.3 Å². The van der Waals surface area contributed by atoms with Gasteiger partial charge in [0.1, 0.15) is 0 Å². The smallest absolute Gasteiger partial charge is 0.416 e. The van der Waals surface area contributed by atoms with Crippen molar-refractivity contribution in [1.82, 2.24) is 10.3 Å². The molecule has 8 heteroatoms. The predicted molar refractivity (Wildman–Crippen MR) is 126 cm³/mol. The molecule has 0 saturated heterocycles. The fraction of sp³-hybridized carbons (Fsp3) is 0.148. The molecule has 0 saturated carbocycles. The summed E-state index contributed by atoms with van der Waals surface area (Å²) in [5.74, 6) is -1.32. The second kappa shape index (κ2) is 9.58. The van der Waals surface area contributed by atoms with E-state index in [0.29, 0.717) is 11.1 Å². The Morgan fingerprint density at radius 1 is 0.943 bits per heavy atom. The van der Waals surface area contributed by atoms with Crippen molar-refractivity contribution >= 4 is 22.6 Å². The molecule has 0 atom stereocenters. The lowest BCUT2D eigenvalue weighted by Gasteiger charge is -2.15. The van der Waals surface area contributed by atoms with Crippen LogP contribution in [-0.4, -0.2) is 22.0 Å². The molecule has 0 aliphatic carbocycles. The number of nitrogens with one attached hydrogen (secondary N) is 1. The normalized spacial score (nSPS) is 11.4. The average molecular weight is 478 g/mol. The summed E-state index contributed by atoms with van der Waals surface area (Å²) in [5.41, 5.74) is 3.04. The fourth-order valence-electron chi connectivity index (χ4n) is 4.05. The van der Waals surface area contributed by atoms with Crippen LogP contribution >= 0.6 is 0 Å². The lowest BCUT2D eigenvalue weighted by molar-refractivity contribution is -0.137. The van der Waals surface area contributed by atoms with Gasteiger partial charge in [0.05, 0.1) is 17.5 Å². The summed E-state index contributed by atoms with van der Waals surface area (Å²) in [5, 5.41) is 14.0. The number of nitrogens with zero attached hydrogens (tertiary/aromatic N) is 1. The number of carbonyl (C=O) groups excluding carboxylic acids is 1. The number of hydrogen-bond donors (Lipinski definition) is 2. The van der Waals surface area contributed by atoms with Crippen molar-refractivity contribution in [3.8, 4) is 11.1 Å². The highest BCUT2D eigenvalue weighted by molar-refractivity contribution is 6.00. The number of amides is 1. The van der Waals surface area contributed by atoms with Gasteiger partial charge in [0.15, 0.2) is 0 Å². The number of aromatic nitrogens is 1. The molecule has 0 aliphatic rings. The molecule has 1 amide bonds. The Hall–Kier alpha value is -4.20. The molecular weight excluding hydrogens is 457 g/mol. The van der Waals surface area contributed by atoms with Crippen LogP contribution in [0.2, 0.25) is 0 Å². The van der Waals surface area contributed by atoms with Crippen molar-refractivity contribution in [3.63, 3.8) is 0 Å². The molecule has 0 aliphatic heterocycles. The fourth-order valence-corrected chi connectivity index (χ4v) is 4.05. The number of halogens is 3. The van der Waals surface area contributed by atoms with Crippen LogP contribution in [0.1, 0.15) is 32.6 Å². The molecule has 2 N–H and O–H groups in total. The number of carbonyl (C=O) groups is 2. The van der Waals surface area contributed by atoms with Gasteiger partial charge in [-0.25, -0.2) is 4.79 Å². The number of carboxylic acids is 1. The van der Waals surface area contributed by atoms with Gasteiger partial charge in [0, 0.05) is 24.3 Å². The summed E-state index contributed by atoms with van der Waals surface area (Å²) >= 11 is 0. The van der Waals surface area contributed by atoms with Gasteiger partial charge >= 0.3 is 12.1 Å². The van der Waals surface area contributed by atoms with Gasteiger partial charge in [-0.2, -0.15) is 13.2 Å². The first-order chi connectivity index (χ1) is 16.6. The highest BCUT2D eigenvalue weighted by Gasteiger charge is 2.30. The first kappa shape index (κ1) is 23.9. The topological polar surface area (TPSA) is 79.3 Å². The minimum atomic E-state index is -4.42. The van der Waals surface area contributed by atoms with E-state index in [1.165, 1.54) is 12.1 Å². The molecule has 0 fully saturated rings. The summed E-state index contributed by atoms with van der Waals surface area (Å²) < 4.78 is 38.2. The zero-order chi connectivity index (χ0) is 25.2. The van der Waals surface area contributed by atoms with Crippen molar-refractivity contribution in [2.45, 2.75) is 26.1 Å². The Bertz CT molecular complexity index is 1410. The van der Waals surface area contributed by atoms with Gasteiger partial charge in [-0.3, -0.25) is 9.78 Å². The Morgan fingerprint density at radius 2 is 1.69 bits per heavy atom. The third-order valence-electron chi connectivity index (χ3n) is 5.88. The zero-order valence-corrected chi connectivity index (χ0v) is 18.7. The van der Waals surface area contributed by atoms with Crippen LogP contribution < -0.4 is 5.32 Å². The van der Waals surface area contributed by atoms with Gasteiger partial charge in [-0.1, -0.05) is 36.4 Å². The van der Waals surface area contributed by atoms with Crippen LogP contribution in [0.3, 0.4) is 0 Å². The second-order valence-electron chi connectivity index (χ2n) is 8.12. The van der Waals surface area contributed by atoms with Crippen molar-refractivity contribution in [2.75, 3.05) is 0 Å². The zero-order valence-electron chi connectivity index (χ0n) is 18.7. The van der Waals surface area contributed by atoms with Crippen LogP contribution in [0.5, 0.6) is 0 Å². The monoisotopic (exact) mass is 478 g/mol. The van der Waals surface area contributed by atoms with E-state index in [4.69, 9.17) is 0 Å². The van der Waals surface area contributed by atoms with Gasteiger partial charge in [0.2, 0.25) is 5.91 Å². The summed E-state index contributed by atoms with van der Waals surface area (Å²) in [6.45, 7) is 1.97. The van der Waals surface area contributed by atoms with Gasteiger partial charge in [-0.15, -0.1) is 0 Å². The van der Waals surface area contributed by atoms with E-state index >= 15 is 0 Å². The summed E-state index contributed by atoms with van der Waals surface area (Å²) in [7, 11) is 0. The minimum Gasteiger partial charge on any atom is -0.478 e. The largest absolute Gasteiger partial charge is 0.478 e. The maximum absolute atomic E-state index is 12.7. The third kappa shape index (κ3) is 5.16. The number of aromatic carboxylic acids is 1. The molecule has 0 bridgehead atoms. The molecule has 5 nitrogen and oxygen atoms in total. The number of pyridine rings is 1. The summed E-state index contributed by atoms with van der Waals surface area (Å²) in [6.07, 6.45) is -1.13. The Balaban J connectivity index is 1.55. The first-order valence-electron chi connectivity index (χ1n) is 10.8. The molecule has 0 spiro atoms. The Kier molecular flexibility index (Phi) is 6.55. The first-order valence-corrected chi connectivity index (χ1v) is 10.8. The summed E-state index contributed by atoms with van der Waals surface area (Å²) in [4.78, 5) is 28.2. The number of rotatable bonds is 6. The molecular formula is C27H21F3N2O3. The quantitative estimate of drug-likeness (QED) is 0.368. The maximum atomic E-state index is 12.7. The van der Waals surface area contributed by atoms with Crippen LogP contribution in [0, 0.1) is 6.92 Å².